The number of phosphoric acid groups is 2. The zero-order valence-corrected chi connectivity index (χ0v) is 62.6. The number of aliphatic hydroxyl groups is 2. The highest BCUT2D eigenvalue weighted by Gasteiger charge is 2.29. The Morgan fingerprint density at radius 3 is 0.798 bits per heavy atom. The lowest BCUT2D eigenvalue weighted by Crippen LogP contribution is -2.30. The van der Waals surface area contributed by atoms with Crippen molar-refractivity contribution < 1.29 is 75.8 Å². The Morgan fingerprint density at radius 1 is 0.283 bits per heavy atom. The van der Waals surface area contributed by atoms with Crippen LogP contribution >= 0.6 is 15.6 Å². The fourth-order valence-corrected chi connectivity index (χ4v) is 10.6. The smallest absolute Gasteiger partial charge is 0.463 e. The first-order valence-electron chi connectivity index (χ1n) is 37.1. The molecule has 0 saturated heterocycles. The van der Waals surface area contributed by atoms with Gasteiger partial charge in [-0.25, -0.2) is 9.13 Å². The summed E-state index contributed by atoms with van der Waals surface area (Å²) in [5.74, 6) is -1.65. The molecular weight excluding hydrogens is 1290 g/mol. The third-order valence-corrected chi connectivity index (χ3v) is 16.5. The van der Waals surface area contributed by atoms with Crippen molar-refractivity contribution in [3.05, 3.63) is 182 Å². The lowest BCUT2D eigenvalue weighted by Gasteiger charge is -2.21. The number of unbranched alkanes of at least 4 members (excludes halogenated alkanes) is 15. The van der Waals surface area contributed by atoms with Gasteiger partial charge in [0.15, 0.2) is 6.10 Å². The Morgan fingerprint density at radius 2 is 0.505 bits per heavy atom. The molecule has 0 aliphatic heterocycles. The summed E-state index contributed by atoms with van der Waals surface area (Å²) in [6, 6.07) is 0. The average molecular weight is 1420 g/mol. The normalized spacial score (nSPS) is 15.1. The highest BCUT2D eigenvalue weighted by Crippen LogP contribution is 2.45. The zero-order chi connectivity index (χ0) is 72.3. The SMILES string of the molecule is CC/C=C\C/C=C\C/C=C\C/C=C\C/C=C\C/C=C\CCCCCCCCC(=O)OCC(O)COP(=O)(O)OCC(O)COP(=O)(O)OCC(COC(=O)CCCCCCC/C=C\C/C=C\C/C=C\C/C=C\C/C=C\CC)OC(=O)CCCCCC/C=C\C/C=C\C/C=C\C/C=C\CC. The minimum atomic E-state index is -4.95. The fraction of sp³-hybridized carbons (Fsp3) is 0.593. The van der Waals surface area contributed by atoms with Gasteiger partial charge in [0, 0.05) is 19.3 Å². The highest BCUT2D eigenvalue weighted by atomic mass is 31.2. The van der Waals surface area contributed by atoms with Gasteiger partial charge in [0.1, 0.15) is 25.4 Å². The largest absolute Gasteiger partial charge is 0.472 e. The van der Waals surface area contributed by atoms with Crippen LogP contribution in [0.15, 0.2) is 182 Å². The molecule has 0 aromatic carbocycles. The van der Waals surface area contributed by atoms with Gasteiger partial charge in [-0.3, -0.25) is 32.5 Å². The van der Waals surface area contributed by atoms with Crippen LogP contribution in [0, 0.1) is 0 Å². The van der Waals surface area contributed by atoms with Crippen LogP contribution in [-0.4, -0.2) is 95.9 Å². The van der Waals surface area contributed by atoms with Crippen LogP contribution in [-0.2, 0) is 55.8 Å². The molecule has 0 amide bonds. The molecule has 5 unspecified atom stereocenters. The molecule has 18 heteroatoms. The maximum Gasteiger partial charge on any atom is 0.472 e. The number of rotatable bonds is 68. The predicted molar refractivity (Wildman–Crippen MR) is 408 cm³/mol. The number of phosphoric ester groups is 2. The van der Waals surface area contributed by atoms with Crippen molar-refractivity contribution in [2.24, 2.45) is 0 Å². The molecule has 0 aliphatic carbocycles. The van der Waals surface area contributed by atoms with Crippen molar-refractivity contribution in [2.75, 3.05) is 39.6 Å². The van der Waals surface area contributed by atoms with E-state index in [1.54, 1.807) is 0 Å². The van der Waals surface area contributed by atoms with Crippen molar-refractivity contribution in [2.45, 2.75) is 270 Å². The highest BCUT2D eigenvalue weighted by molar-refractivity contribution is 7.47. The van der Waals surface area contributed by atoms with Gasteiger partial charge in [0.05, 0.1) is 26.4 Å². The van der Waals surface area contributed by atoms with Gasteiger partial charge in [0.25, 0.3) is 0 Å². The molecule has 0 saturated carbocycles. The van der Waals surface area contributed by atoms with E-state index in [0.717, 1.165) is 193 Å². The first-order chi connectivity index (χ1) is 48.2. The number of esters is 3. The summed E-state index contributed by atoms with van der Waals surface area (Å²) in [7, 11) is -9.82. The summed E-state index contributed by atoms with van der Waals surface area (Å²) in [4.78, 5) is 58.6. The van der Waals surface area contributed by atoms with E-state index in [1.807, 2.05) is 0 Å². The molecule has 560 valence electrons. The molecule has 0 aromatic rings. The van der Waals surface area contributed by atoms with Crippen LogP contribution < -0.4 is 0 Å². The van der Waals surface area contributed by atoms with E-state index < -0.39 is 91.5 Å². The van der Waals surface area contributed by atoms with Crippen molar-refractivity contribution in [3.8, 4) is 0 Å². The van der Waals surface area contributed by atoms with Crippen molar-refractivity contribution >= 4 is 33.6 Å². The first-order valence-corrected chi connectivity index (χ1v) is 40.1. The number of hydrogen-bond acceptors (Lipinski definition) is 14. The summed E-state index contributed by atoms with van der Waals surface area (Å²) in [6.07, 6.45) is 92.1. The van der Waals surface area contributed by atoms with Crippen molar-refractivity contribution in [1.29, 1.82) is 0 Å². The second-order valence-corrected chi connectivity index (χ2v) is 26.9. The van der Waals surface area contributed by atoms with Gasteiger partial charge in [-0.2, -0.15) is 0 Å². The third kappa shape index (κ3) is 73.7. The lowest BCUT2D eigenvalue weighted by atomic mass is 10.1. The summed E-state index contributed by atoms with van der Waals surface area (Å²) in [5, 5.41) is 20.6. The average Bonchev–Trinajstić information content (AvgIpc) is 2.07. The molecule has 5 atom stereocenters. The quantitative estimate of drug-likeness (QED) is 0.0146. The topological polar surface area (TPSA) is 231 Å². The Balaban J connectivity index is 4.72. The zero-order valence-electron chi connectivity index (χ0n) is 60.8. The number of hydrogen-bond donors (Lipinski definition) is 4. The molecule has 0 aromatic heterocycles. The van der Waals surface area contributed by atoms with Gasteiger partial charge in [-0.05, 0) is 154 Å². The second kappa shape index (κ2) is 72.4. The van der Waals surface area contributed by atoms with Gasteiger partial charge in [-0.15, -0.1) is 0 Å². The molecule has 0 aliphatic rings. The Hall–Kier alpha value is -5.35. The molecule has 0 rings (SSSR count). The van der Waals surface area contributed by atoms with Crippen LogP contribution in [0.3, 0.4) is 0 Å². The van der Waals surface area contributed by atoms with Crippen LogP contribution in [0.5, 0.6) is 0 Å². The predicted octanol–water partition coefficient (Wildman–Crippen LogP) is 21.4. The summed E-state index contributed by atoms with van der Waals surface area (Å²) < 4.78 is 61.0. The van der Waals surface area contributed by atoms with Crippen LogP contribution in [0.2, 0.25) is 0 Å². The third-order valence-electron chi connectivity index (χ3n) is 14.6. The monoisotopic (exact) mass is 1420 g/mol. The minimum absolute atomic E-state index is 0.0641. The number of ether oxygens (including phenoxy) is 3. The standard InChI is InChI=1S/C81H130O16P2/c1-4-7-10-13-16-19-22-25-28-31-33-35-36-37-38-40-42-44-46-49-52-55-58-61-64-67-79(84)91-70-76(82)71-93-98(87,88)94-72-77(83)73-95-99(89,90)96-75-78(97-81(86)69-66-63-60-57-54-51-48-43-30-27-24-21-18-15-12-9-6-3)74-92-80(85)68-65-62-59-56-53-50-47-45-41-39-34-32-29-26-23-20-17-14-11-8-5-2/h7-12,16-21,25-30,33-35,37-39,42,44-45,47-48,51,76-78,82-83H,4-6,13-15,22-24,31-32,36,40-41,43,46,49-50,52-75H2,1-3H3,(H,87,88)(H,89,90)/b10-7-,11-8-,12-9-,19-16-,20-17-,21-18-,28-25-,29-26-,30-27-,35-33-,38-37-,39-34-,44-42-,47-45-,51-48-. The number of carbonyl (C=O) groups excluding carboxylic acids is 3. The van der Waals surface area contributed by atoms with Crippen LogP contribution in [0.1, 0.15) is 252 Å². The molecular formula is C81H130O16P2. The fourth-order valence-electron chi connectivity index (χ4n) is 9.06. The van der Waals surface area contributed by atoms with E-state index in [4.69, 9.17) is 32.3 Å². The number of allylic oxidation sites excluding steroid dienone is 30. The van der Waals surface area contributed by atoms with E-state index in [2.05, 4.69) is 203 Å². The second-order valence-electron chi connectivity index (χ2n) is 23.9. The lowest BCUT2D eigenvalue weighted by molar-refractivity contribution is -0.161. The van der Waals surface area contributed by atoms with E-state index in [9.17, 15) is 43.5 Å². The molecule has 16 nitrogen and oxygen atoms in total. The molecule has 0 radical (unpaired) electrons. The molecule has 0 fully saturated rings. The van der Waals surface area contributed by atoms with Crippen molar-refractivity contribution in [1.82, 2.24) is 0 Å². The van der Waals surface area contributed by atoms with E-state index >= 15 is 0 Å². The Bertz CT molecular complexity index is 2530. The van der Waals surface area contributed by atoms with Gasteiger partial charge < -0.3 is 34.2 Å². The van der Waals surface area contributed by atoms with E-state index in [1.165, 1.54) is 0 Å². The molecule has 0 bridgehead atoms. The maximum absolute atomic E-state index is 13.0. The molecule has 0 spiro atoms. The molecule has 0 heterocycles. The molecule has 99 heavy (non-hydrogen) atoms. The van der Waals surface area contributed by atoms with E-state index in [0.29, 0.717) is 19.3 Å². The summed E-state index contributed by atoms with van der Waals surface area (Å²) >= 11 is 0. The summed E-state index contributed by atoms with van der Waals surface area (Å²) in [5.41, 5.74) is 0. The Kier molecular flexibility index (Phi) is 68.5. The molecule has 4 N–H and O–H groups in total. The van der Waals surface area contributed by atoms with Crippen LogP contribution in [0.25, 0.3) is 0 Å². The Labute approximate surface area is 598 Å². The van der Waals surface area contributed by atoms with E-state index in [-0.39, 0.29) is 19.3 Å². The number of carbonyl (C=O) groups is 3. The first kappa shape index (κ1) is 93.6. The van der Waals surface area contributed by atoms with Gasteiger partial charge >= 0.3 is 33.6 Å². The van der Waals surface area contributed by atoms with Gasteiger partial charge in [0.2, 0.25) is 0 Å². The van der Waals surface area contributed by atoms with Crippen molar-refractivity contribution in [3.63, 3.8) is 0 Å². The maximum atomic E-state index is 13.0. The number of aliphatic hydroxyl groups excluding tert-OH is 2. The minimum Gasteiger partial charge on any atom is -0.463 e. The summed E-state index contributed by atoms with van der Waals surface area (Å²) in [6.45, 7) is 2.23. The van der Waals surface area contributed by atoms with Gasteiger partial charge in [-0.1, -0.05) is 261 Å². The van der Waals surface area contributed by atoms with Crippen LogP contribution in [0.4, 0.5) is 0 Å².